The number of carbonyl (C=O) groups is 2. The van der Waals surface area contributed by atoms with Crippen LogP contribution in [0.1, 0.15) is 93.4 Å². The molecule has 0 aromatic heterocycles. The summed E-state index contributed by atoms with van der Waals surface area (Å²) < 4.78 is 6.06. The van der Waals surface area contributed by atoms with Gasteiger partial charge in [-0.15, -0.1) is 0 Å². The van der Waals surface area contributed by atoms with Gasteiger partial charge in [0.1, 0.15) is 11.4 Å². The number of carbonyl (C=O) groups excluding carboxylic acids is 2. The van der Waals surface area contributed by atoms with Gasteiger partial charge < -0.3 is 25.0 Å². The summed E-state index contributed by atoms with van der Waals surface area (Å²) in [4.78, 5) is 28.8. The highest BCUT2D eigenvalue weighted by Crippen LogP contribution is 2.65. The highest BCUT2D eigenvalue weighted by molar-refractivity contribution is 5.88. The molecule has 1 saturated heterocycles. The molecule has 7 heteroatoms. The van der Waals surface area contributed by atoms with Crippen molar-refractivity contribution < 1.29 is 29.6 Å². The predicted molar refractivity (Wildman–Crippen MR) is 153 cm³/mol. The van der Waals surface area contributed by atoms with Crippen molar-refractivity contribution in [2.45, 2.75) is 111 Å². The number of ketones is 1. The van der Waals surface area contributed by atoms with Crippen LogP contribution < -0.4 is 0 Å². The summed E-state index contributed by atoms with van der Waals surface area (Å²) in [5, 5.41) is 34.9. The second-order valence-corrected chi connectivity index (χ2v) is 12.8. The van der Waals surface area contributed by atoms with Gasteiger partial charge in [0.15, 0.2) is 6.10 Å². The zero-order valence-corrected chi connectivity index (χ0v) is 25.3. The van der Waals surface area contributed by atoms with Crippen LogP contribution in [0.15, 0.2) is 23.8 Å². The van der Waals surface area contributed by atoms with Crippen LogP contribution in [0.2, 0.25) is 0 Å². The molecule has 0 aromatic carbocycles. The van der Waals surface area contributed by atoms with Gasteiger partial charge in [0.05, 0.1) is 18.1 Å². The third-order valence-electron chi connectivity index (χ3n) is 10.8. The lowest BCUT2D eigenvalue weighted by molar-refractivity contribution is -0.207. The van der Waals surface area contributed by atoms with Crippen molar-refractivity contribution in [3.63, 3.8) is 0 Å². The number of amides is 1. The van der Waals surface area contributed by atoms with Gasteiger partial charge in [0, 0.05) is 19.0 Å². The summed E-state index contributed by atoms with van der Waals surface area (Å²) in [6.07, 6.45) is 8.30. The van der Waals surface area contributed by atoms with E-state index in [1.54, 1.807) is 24.0 Å². The van der Waals surface area contributed by atoms with E-state index < -0.39 is 41.8 Å². The summed E-state index contributed by atoms with van der Waals surface area (Å²) in [6.45, 7) is 14.6. The summed E-state index contributed by atoms with van der Waals surface area (Å²) in [6, 6.07) is 0. The van der Waals surface area contributed by atoms with Gasteiger partial charge in [-0.3, -0.25) is 4.79 Å². The first-order valence-corrected chi connectivity index (χ1v) is 15.2. The molecule has 8 unspecified atom stereocenters. The molecule has 1 amide bonds. The lowest BCUT2D eigenvalue weighted by atomic mass is 9.58. The Kier molecular flexibility index (Phi) is 10.2. The number of hydrogen-bond donors (Lipinski definition) is 3. The third kappa shape index (κ3) is 5.48. The van der Waals surface area contributed by atoms with Crippen molar-refractivity contribution in [1.29, 1.82) is 0 Å². The second kappa shape index (κ2) is 12.4. The molecule has 3 aliphatic rings. The number of Topliss-reactive ketones (excluding diaryl/α,β-unsaturated/α-hetero) is 1. The monoisotopic (exact) mass is 547 g/mol. The Labute approximate surface area is 235 Å². The van der Waals surface area contributed by atoms with E-state index in [2.05, 4.69) is 20.8 Å². The quantitative estimate of drug-likeness (QED) is 0.304. The van der Waals surface area contributed by atoms with E-state index in [0.717, 1.165) is 32.1 Å². The van der Waals surface area contributed by atoms with Gasteiger partial charge in [-0.1, -0.05) is 72.1 Å². The summed E-state index contributed by atoms with van der Waals surface area (Å²) in [5.74, 6) is -0.557. The highest BCUT2D eigenvalue weighted by Gasteiger charge is 2.70. The van der Waals surface area contributed by atoms with Gasteiger partial charge in [-0.2, -0.15) is 0 Å². The van der Waals surface area contributed by atoms with Crippen LogP contribution in [0.25, 0.3) is 0 Å². The number of likely N-dealkylation sites (tertiary alicyclic amines) is 1. The van der Waals surface area contributed by atoms with Crippen LogP contribution in [-0.4, -0.2) is 69.6 Å². The van der Waals surface area contributed by atoms with Gasteiger partial charge in [-0.25, -0.2) is 4.79 Å². The molecular formula is C32H53NO6. The van der Waals surface area contributed by atoms with E-state index in [-0.39, 0.29) is 17.1 Å². The minimum Gasteiger partial charge on any atom is -0.438 e. The Morgan fingerprint density at radius 3 is 2.31 bits per heavy atom. The van der Waals surface area contributed by atoms with Gasteiger partial charge in [0.2, 0.25) is 0 Å². The van der Waals surface area contributed by atoms with E-state index in [9.17, 15) is 24.9 Å². The van der Waals surface area contributed by atoms with Crippen molar-refractivity contribution in [3.8, 4) is 0 Å². The van der Waals surface area contributed by atoms with Crippen molar-refractivity contribution in [1.82, 2.24) is 4.90 Å². The number of aliphatic hydroxyl groups excluding tert-OH is 2. The van der Waals surface area contributed by atoms with Crippen LogP contribution in [0.5, 0.6) is 0 Å². The zero-order chi connectivity index (χ0) is 29.2. The Hall–Kier alpha value is -1.70. The minimum atomic E-state index is -2.14. The molecular weight excluding hydrogens is 494 g/mol. The fourth-order valence-corrected chi connectivity index (χ4v) is 7.83. The van der Waals surface area contributed by atoms with E-state index in [0.29, 0.717) is 43.3 Å². The lowest BCUT2D eigenvalue weighted by Gasteiger charge is -2.50. The van der Waals surface area contributed by atoms with E-state index in [4.69, 9.17) is 4.74 Å². The average molecular weight is 548 g/mol. The van der Waals surface area contributed by atoms with Crippen LogP contribution >= 0.6 is 0 Å². The number of ether oxygens (including phenoxy) is 1. The molecule has 39 heavy (non-hydrogen) atoms. The number of nitrogens with zero attached hydrogens (tertiary/aromatic N) is 1. The number of aliphatic hydroxyl groups is 3. The summed E-state index contributed by atoms with van der Waals surface area (Å²) >= 11 is 0. The number of rotatable bonds is 11. The van der Waals surface area contributed by atoms with Crippen molar-refractivity contribution in [3.05, 3.63) is 23.8 Å². The van der Waals surface area contributed by atoms with Crippen LogP contribution in [0.4, 0.5) is 4.79 Å². The molecule has 7 nitrogen and oxygen atoms in total. The van der Waals surface area contributed by atoms with Gasteiger partial charge in [0.25, 0.3) is 0 Å². The summed E-state index contributed by atoms with van der Waals surface area (Å²) in [7, 11) is 0. The molecule has 0 radical (unpaired) electrons. The normalized spacial score (nSPS) is 37.2. The Balaban J connectivity index is 2.07. The topological polar surface area (TPSA) is 107 Å². The molecule has 1 saturated carbocycles. The predicted octanol–water partition coefficient (Wildman–Crippen LogP) is 5.28. The molecule has 1 heterocycles. The molecule has 3 N–H and O–H groups in total. The third-order valence-corrected chi connectivity index (χ3v) is 10.8. The van der Waals surface area contributed by atoms with Crippen molar-refractivity contribution in [2.24, 2.45) is 34.5 Å². The largest absolute Gasteiger partial charge is 0.438 e. The molecule has 1 aliphatic heterocycles. The van der Waals surface area contributed by atoms with Crippen LogP contribution in [-0.2, 0) is 9.53 Å². The van der Waals surface area contributed by atoms with E-state index in [1.165, 1.54) is 6.92 Å². The van der Waals surface area contributed by atoms with Crippen molar-refractivity contribution in [2.75, 3.05) is 19.7 Å². The standard InChI is InChI=1S/C32H53NO6/c1-8-10-15-25(20-34)27(36)32(38)28(39-29(37)33-16-13-11-12-14-17-33)21(3)19-31(32,24(6)35)22(4)18-26-23(5)30(26,7)9-2/h10,15,19,22-23,25-28,34,36,38H,8-9,11-14,16-18,20H2,1-7H3/t22-,23?,25?,26?,27?,28?,30?,31?,32?/m1/s1. The lowest BCUT2D eigenvalue weighted by Crippen LogP contribution is -2.67. The smallest absolute Gasteiger partial charge is 0.410 e. The molecule has 0 bridgehead atoms. The molecule has 9 atom stereocenters. The fourth-order valence-electron chi connectivity index (χ4n) is 7.83. The fraction of sp³-hybridized carbons (Fsp3) is 0.812. The Morgan fingerprint density at radius 2 is 1.82 bits per heavy atom. The summed E-state index contributed by atoms with van der Waals surface area (Å²) in [5.41, 5.74) is -2.89. The first-order chi connectivity index (χ1) is 18.4. The molecule has 0 spiro atoms. The van der Waals surface area contributed by atoms with Crippen LogP contribution in [0, 0.1) is 34.5 Å². The number of hydrogen-bond acceptors (Lipinski definition) is 6. The molecule has 3 rings (SSSR count). The maximum absolute atomic E-state index is 13.7. The molecule has 2 aliphatic carbocycles. The van der Waals surface area contributed by atoms with Crippen LogP contribution in [0.3, 0.4) is 0 Å². The van der Waals surface area contributed by atoms with Gasteiger partial charge in [-0.05, 0) is 68.3 Å². The van der Waals surface area contributed by atoms with Crippen molar-refractivity contribution >= 4 is 11.9 Å². The maximum Gasteiger partial charge on any atom is 0.410 e. The molecule has 2 fully saturated rings. The SMILES string of the molecule is CCC=CC(CO)C(O)C1(O)C(OC(=O)N2CCCCCC2)C(C)=CC1(C(C)=O)[C@H](C)CC1C(C)C1(C)CC. The van der Waals surface area contributed by atoms with E-state index in [1.807, 2.05) is 19.9 Å². The first-order valence-electron chi connectivity index (χ1n) is 15.2. The minimum absolute atomic E-state index is 0.177. The van der Waals surface area contributed by atoms with Gasteiger partial charge >= 0.3 is 6.09 Å². The Morgan fingerprint density at radius 1 is 1.21 bits per heavy atom. The number of allylic oxidation sites excluding steroid dienone is 1. The average Bonchev–Trinajstić information content (AvgIpc) is 3.47. The molecule has 222 valence electrons. The molecule has 0 aromatic rings. The van der Waals surface area contributed by atoms with E-state index >= 15 is 0 Å². The second-order valence-electron chi connectivity index (χ2n) is 12.8. The highest BCUT2D eigenvalue weighted by atomic mass is 16.6. The first kappa shape index (κ1) is 31.8. The maximum atomic E-state index is 13.7. The zero-order valence-electron chi connectivity index (χ0n) is 25.3. The Bertz CT molecular complexity index is 939.